The van der Waals surface area contributed by atoms with Crippen LogP contribution in [0.15, 0.2) is 41.3 Å². The number of aryl methyl sites for hydroxylation is 1. The lowest BCUT2D eigenvalue weighted by Gasteiger charge is -2.36. The molecule has 2 fully saturated rings. The predicted molar refractivity (Wildman–Crippen MR) is 132 cm³/mol. The maximum Gasteiger partial charge on any atom is 0.260 e. The summed E-state index contributed by atoms with van der Waals surface area (Å²) in [6.45, 7) is 5.35. The minimum Gasteiger partial charge on any atom is -0.482 e. The summed E-state index contributed by atoms with van der Waals surface area (Å²) >= 11 is 12.2. The zero-order valence-corrected chi connectivity index (χ0v) is 21.2. The van der Waals surface area contributed by atoms with Crippen molar-refractivity contribution < 1.29 is 22.7 Å². The number of morpholine rings is 1. The van der Waals surface area contributed by atoms with Crippen molar-refractivity contribution in [1.29, 1.82) is 0 Å². The van der Waals surface area contributed by atoms with Gasteiger partial charge >= 0.3 is 0 Å². The van der Waals surface area contributed by atoms with Crippen molar-refractivity contribution in [2.45, 2.75) is 11.8 Å². The Bertz CT molecular complexity index is 1150. The highest BCUT2D eigenvalue weighted by atomic mass is 35.5. The third-order valence-electron chi connectivity index (χ3n) is 5.99. The van der Waals surface area contributed by atoms with E-state index in [2.05, 4.69) is 4.90 Å². The van der Waals surface area contributed by atoms with Gasteiger partial charge in [0.1, 0.15) is 10.6 Å². The highest BCUT2D eigenvalue weighted by molar-refractivity contribution is 7.89. The van der Waals surface area contributed by atoms with Gasteiger partial charge in [0, 0.05) is 55.0 Å². The van der Waals surface area contributed by atoms with E-state index in [0.717, 1.165) is 11.3 Å². The first kappa shape index (κ1) is 25.1. The van der Waals surface area contributed by atoms with Gasteiger partial charge in [-0.3, -0.25) is 4.79 Å². The van der Waals surface area contributed by atoms with Gasteiger partial charge in [-0.2, -0.15) is 4.31 Å². The number of piperazine rings is 1. The Hall–Kier alpha value is -2.04. The number of amides is 1. The van der Waals surface area contributed by atoms with E-state index >= 15 is 0 Å². The predicted octanol–water partition coefficient (Wildman–Crippen LogP) is 3.05. The number of halogens is 2. The van der Waals surface area contributed by atoms with Gasteiger partial charge in [0.2, 0.25) is 10.0 Å². The number of nitrogens with zero attached hydrogens (tertiary/aromatic N) is 3. The van der Waals surface area contributed by atoms with E-state index in [0.29, 0.717) is 44.4 Å². The molecule has 2 aliphatic rings. The van der Waals surface area contributed by atoms with Crippen molar-refractivity contribution in [2.24, 2.45) is 0 Å². The lowest BCUT2D eigenvalue weighted by molar-refractivity contribution is -0.133. The summed E-state index contributed by atoms with van der Waals surface area (Å²) in [5, 5.41) is 0.955. The maximum atomic E-state index is 13.2. The monoisotopic (exact) mass is 527 g/mol. The summed E-state index contributed by atoms with van der Waals surface area (Å²) in [6.07, 6.45) is 0. The molecular weight excluding hydrogens is 501 g/mol. The number of hydrogen-bond donors (Lipinski definition) is 0. The lowest BCUT2D eigenvalue weighted by Crippen LogP contribution is -2.50. The first-order valence-corrected chi connectivity index (χ1v) is 13.2. The van der Waals surface area contributed by atoms with Crippen LogP contribution < -0.4 is 9.64 Å². The molecule has 0 bridgehead atoms. The van der Waals surface area contributed by atoms with Crippen LogP contribution in [0.25, 0.3) is 0 Å². The molecule has 0 radical (unpaired) electrons. The van der Waals surface area contributed by atoms with Crippen molar-refractivity contribution in [3.8, 4) is 5.75 Å². The van der Waals surface area contributed by atoms with Crippen LogP contribution >= 0.6 is 23.2 Å². The van der Waals surface area contributed by atoms with Gasteiger partial charge in [-0.1, -0.05) is 29.3 Å². The molecule has 0 aromatic heterocycles. The van der Waals surface area contributed by atoms with Crippen molar-refractivity contribution in [1.82, 2.24) is 9.21 Å². The number of rotatable bonds is 6. The summed E-state index contributed by atoms with van der Waals surface area (Å²) in [5.74, 6) is -0.0930. The molecule has 11 heteroatoms. The Balaban J connectivity index is 1.39. The second-order valence-electron chi connectivity index (χ2n) is 8.19. The van der Waals surface area contributed by atoms with Crippen LogP contribution in [0.2, 0.25) is 10.0 Å². The Morgan fingerprint density at radius 3 is 2.32 bits per heavy atom. The molecule has 2 aromatic rings. The summed E-state index contributed by atoms with van der Waals surface area (Å²) < 4.78 is 38.6. The second kappa shape index (κ2) is 10.7. The van der Waals surface area contributed by atoms with Crippen molar-refractivity contribution in [3.63, 3.8) is 0 Å². The van der Waals surface area contributed by atoms with E-state index in [4.69, 9.17) is 32.7 Å². The normalized spacial score (nSPS) is 17.6. The lowest BCUT2D eigenvalue weighted by atomic mass is 10.1. The molecular formula is C23H27Cl2N3O5S. The molecule has 0 atom stereocenters. The molecule has 2 heterocycles. The van der Waals surface area contributed by atoms with Crippen molar-refractivity contribution >= 4 is 44.8 Å². The molecule has 8 nitrogen and oxygen atoms in total. The molecule has 34 heavy (non-hydrogen) atoms. The second-order valence-corrected chi connectivity index (χ2v) is 11.0. The highest BCUT2D eigenvalue weighted by Crippen LogP contribution is 2.30. The molecule has 2 saturated heterocycles. The van der Waals surface area contributed by atoms with Crippen LogP contribution in [0.3, 0.4) is 0 Å². The minimum atomic E-state index is -3.83. The van der Waals surface area contributed by atoms with Crippen molar-refractivity contribution in [2.75, 3.05) is 64.0 Å². The van der Waals surface area contributed by atoms with Crippen LogP contribution in [-0.2, 0) is 19.6 Å². The fourth-order valence-corrected chi connectivity index (χ4v) is 6.05. The molecule has 0 spiro atoms. The average Bonchev–Trinajstić information content (AvgIpc) is 2.85. The van der Waals surface area contributed by atoms with Gasteiger partial charge in [-0.25, -0.2) is 8.42 Å². The third-order valence-corrected chi connectivity index (χ3v) is 8.38. The number of anilines is 1. The number of hydrogen-bond acceptors (Lipinski definition) is 6. The molecule has 0 saturated carbocycles. The van der Waals surface area contributed by atoms with Gasteiger partial charge in [-0.05, 0) is 42.8 Å². The first-order chi connectivity index (χ1) is 16.3. The van der Waals surface area contributed by atoms with Gasteiger partial charge in [0.25, 0.3) is 5.91 Å². The van der Waals surface area contributed by atoms with Gasteiger partial charge in [0.05, 0.1) is 13.2 Å². The molecule has 2 aliphatic heterocycles. The van der Waals surface area contributed by atoms with Crippen LogP contribution in [0.4, 0.5) is 5.69 Å². The Labute approximate surface area is 210 Å². The Morgan fingerprint density at radius 2 is 1.62 bits per heavy atom. The molecule has 4 rings (SSSR count). The van der Waals surface area contributed by atoms with E-state index < -0.39 is 10.0 Å². The maximum absolute atomic E-state index is 13.2. The van der Waals surface area contributed by atoms with E-state index in [1.807, 2.05) is 25.1 Å². The zero-order chi connectivity index (χ0) is 24.3. The number of carbonyl (C=O) groups is 1. The quantitative estimate of drug-likeness (QED) is 0.574. The average molecular weight is 528 g/mol. The SMILES string of the molecule is Cc1ccc(Cl)cc1N1CCN(C(=O)COc2ccc(Cl)cc2S(=O)(=O)N2CCOCC2)CC1. The van der Waals surface area contributed by atoms with Gasteiger partial charge in [0.15, 0.2) is 6.61 Å². The number of sulfonamides is 1. The molecule has 0 N–H and O–H groups in total. The van der Waals surface area contributed by atoms with Crippen LogP contribution in [0, 0.1) is 6.92 Å². The fourth-order valence-electron chi connectivity index (χ4n) is 4.08. The topological polar surface area (TPSA) is 79.4 Å². The summed E-state index contributed by atoms with van der Waals surface area (Å²) in [7, 11) is -3.83. The van der Waals surface area contributed by atoms with Crippen molar-refractivity contribution in [3.05, 3.63) is 52.0 Å². The standard InChI is InChI=1S/C23H27Cl2N3O5S/c1-17-2-3-18(24)14-20(17)26-6-8-27(9-7-26)23(29)16-33-21-5-4-19(25)15-22(21)34(30,31)28-10-12-32-13-11-28/h2-5,14-15H,6-13,16H2,1H3. The van der Waals surface area contributed by atoms with Crippen LogP contribution in [0.5, 0.6) is 5.75 Å². The van der Waals surface area contributed by atoms with Crippen LogP contribution in [0.1, 0.15) is 5.56 Å². The first-order valence-electron chi connectivity index (χ1n) is 11.0. The van der Waals surface area contributed by atoms with E-state index in [1.54, 1.807) is 11.0 Å². The highest BCUT2D eigenvalue weighted by Gasteiger charge is 2.30. The smallest absolute Gasteiger partial charge is 0.260 e. The molecule has 1 amide bonds. The number of benzene rings is 2. The molecule has 0 unspecified atom stereocenters. The molecule has 0 aliphatic carbocycles. The number of ether oxygens (including phenoxy) is 2. The summed E-state index contributed by atoms with van der Waals surface area (Å²) in [6, 6.07) is 10.2. The van der Waals surface area contributed by atoms with Gasteiger partial charge < -0.3 is 19.3 Å². The molecule has 2 aromatic carbocycles. The Kier molecular flexibility index (Phi) is 7.89. The van der Waals surface area contributed by atoms with E-state index in [9.17, 15) is 13.2 Å². The van der Waals surface area contributed by atoms with Gasteiger partial charge in [-0.15, -0.1) is 0 Å². The number of carbonyl (C=O) groups excluding carboxylic acids is 1. The fraction of sp³-hybridized carbons (Fsp3) is 0.435. The zero-order valence-electron chi connectivity index (χ0n) is 18.9. The van der Waals surface area contributed by atoms with Crippen LogP contribution in [-0.4, -0.2) is 82.6 Å². The third kappa shape index (κ3) is 5.60. The Morgan fingerprint density at radius 1 is 0.971 bits per heavy atom. The largest absolute Gasteiger partial charge is 0.482 e. The van der Waals surface area contributed by atoms with E-state index in [1.165, 1.54) is 16.4 Å². The minimum absolute atomic E-state index is 0.0454. The summed E-state index contributed by atoms with van der Waals surface area (Å²) in [5.41, 5.74) is 2.19. The molecule has 184 valence electrons. The summed E-state index contributed by atoms with van der Waals surface area (Å²) in [4.78, 5) is 16.7. The van der Waals surface area contributed by atoms with E-state index in [-0.39, 0.29) is 41.3 Å².